The van der Waals surface area contributed by atoms with Crippen LogP contribution in [0.5, 0.6) is 0 Å². The lowest BCUT2D eigenvalue weighted by molar-refractivity contribution is 0.0946. The zero-order valence-electron chi connectivity index (χ0n) is 16.8. The molecule has 0 fully saturated rings. The number of hydrogen-bond donors (Lipinski definition) is 1. The van der Waals surface area contributed by atoms with Crippen LogP contribution in [0.2, 0.25) is 0 Å². The molecule has 0 bridgehead atoms. The Balaban J connectivity index is 1.70. The molecule has 0 saturated heterocycles. The van der Waals surface area contributed by atoms with Crippen molar-refractivity contribution in [2.45, 2.75) is 19.3 Å². The number of nitrogens with zero attached hydrogens (tertiary/aromatic N) is 2. The van der Waals surface area contributed by atoms with Gasteiger partial charge in [-0.2, -0.15) is 9.78 Å². The van der Waals surface area contributed by atoms with Crippen LogP contribution in [0.4, 0.5) is 0 Å². The smallest absolute Gasteiger partial charge is 0.279 e. The normalized spacial score (nSPS) is 11.9. The van der Waals surface area contributed by atoms with Gasteiger partial charge < -0.3 is 5.32 Å². The Labute approximate surface area is 175 Å². The Morgan fingerprint density at radius 3 is 2.17 bits per heavy atom. The highest BCUT2D eigenvalue weighted by molar-refractivity contribution is 6.04. The summed E-state index contributed by atoms with van der Waals surface area (Å²) in [5.74, 6) is -0.0771. The summed E-state index contributed by atoms with van der Waals surface area (Å²) in [6.07, 6.45) is 0.905. The molecule has 1 N–H and O–H groups in total. The predicted octanol–water partition coefficient (Wildman–Crippen LogP) is 4.31. The van der Waals surface area contributed by atoms with Gasteiger partial charge in [-0.05, 0) is 30.2 Å². The molecular formula is C25H23N3O2. The van der Waals surface area contributed by atoms with Crippen LogP contribution in [0.15, 0.2) is 89.7 Å². The second-order valence-electron chi connectivity index (χ2n) is 7.17. The molecule has 1 heterocycles. The summed E-state index contributed by atoms with van der Waals surface area (Å²) in [5, 5.41) is 8.49. The van der Waals surface area contributed by atoms with Gasteiger partial charge in [0.2, 0.25) is 0 Å². The fourth-order valence-electron chi connectivity index (χ4n) is 3.62. The van der Waals surface area contributed by atoms with E-state index < -0.39 is 0 Å². The first-order chi connectivity index (χ1) is 14.7. The van der Waals surface area contributed by atoms with Crippen molar-refractivity contribution in [3.8, 4) is 5.69 Å². The van der Waals surface area contributed by atoms with E-state index in [1.165, 1.54) is 10.2 Å². The number of amides is 1. The molecule has 0 aliphatic heterocycles. The number of benzene rings is 3. The third kappa shape index (κ3) is 3.87. The Morgan fingerprint density at radius 1 is 0.900 bits per heavy atom. The fraction of sp³-hybridized carbons (Fsp3) is 0.160. The van der Waals surface area contributed by atoms with Crippen molar-refractivity contribution >= 4 is 16.7 Å². The molecule has 5 nitrogen and oxygen atoms in total. The lowest BCUT2D eigenvalue weighted by atomic mass is 9.96. The number of nitrogens with one attached hydrogen (secondary N) is 1. The summed E-state index contributed by atoms with van der Waals surface area (Å²) in [6, 6.07) is 26.4. The molecular weight excluding hydrogens is 374 g/mol. The van der Waals surface area contributed by atoms with Crippen LogP contribution >= 0.6 is 0 Å². The average Bonchev–Trinajstić information content (AvgIpc) is 2.81. The van der Waals surface area contributed by atoms with Gasteiger partial charge in [0.25, 0.3) is 11.5 Å². The van der Waals surface area contributed by atoms with Crippen LogP contribution in [0, 0.1) is 0 Å². The molecule has 30 heavy (non-hydrogen) atoms. The number of carbonyl (C=O) groups excluding carboxylic acids is 1. The molecule has 0 spiro atoms. The largest absolute Gasteiger partial charge is 0.350 e. The molecule has 1 amide bonds. The molecule has 0 saturated carbocycles. The van der Waals surface area contributed by atoms with Crippen LogP contribution in [-0.2, 0) is 0 Å². The zero-order chi connectivity index (χ0) is 20.9. The van der Waals surface area contributed by atoms with Crippen LogP contribution in [0.3, 0.4) is 0 Å². The van der Waals surface area contributed by atoms with Crippen molar-refractivity contribution in [3.05, 3.63) is 107 Å². The first-order valence-electron chi connectivity index (χ1n) is 10.1. The van der Waals surface area contributed by atoms with Gasteiger partial charge >= 0.3 is 0 Å². The number of fused-ring (bicyclic) bond motifs is 1. The van der Waals surface area contributed by atoms with Crippen LogP contribution < -0.4 is 10.9 Å². The maximum atomic E-state index is 13.1. The highest BCUT2D eigenvalue weighted by atomic mass is 16.2. The molecule has 0 aliphatic carbocycles. The van der Waals surface area contributed by atoms with Gasteiger partial charge in [0.05, 0.1) is 11.1 Å². The van der Waals surface area contributed by atoms with Gasteiger partial charge in [-0.15, -0.1) is 0 Å². The third-order valence-corrected chi connectivity index (χ3v) is 5.29. The lowest BCUT2D eigenvalue weighted by Gasteiger charge is -2.17. The molecule has 150 valence electrons. The van der Waals surface area contributed by atoms with Crippen LogP contribution in [0.25, 0.3) is 16.5 Å². The van der Waals surface area contributed by atoms with Gasteiger partial charge in [0.1, 0.15) is 0 Å². The van der Waals surface area contributed by atoms with Crippen molar-refractivity contribution < 1.29 is 4.79 Å². The summed E-state index contributed by atoms with van der Waals surface area (Å²) in [5.41, 5.74) is 1.81. The van der Waals surface area contributed by atoms with Crippen LogP contribution in [-0.4, -0.2) is 22.2 Å². The molecule has 4 rings (SSSR count). The van der Waals surface area contributed by atoms with Crippen molar-refractivity contribution in [2.24, 2.45) is 0 Å². The van der Waals surface area contributed by atoms with Crippen LogP contribution in [0.1, 0.15) is 35.3 Å². The Morgan fingerprint density at radius 2 is 1.50 bits per heavy atom. The SMILES string of the molecule is CC[C@@H](CNC(=O)c1nn(-c2ccccc2)c(=O)c2ccccc12)c1ccccc1. The summed E-state index contributed by atoms with van der Waals surface area (Å²) in [7, 11) is 0. The monoisotopic (exact) mass is 397 g/mol. The van der Waals surface area contributed by atoms with Gasteiger partial charge in [-0.3, -0.25) is 9.59 Å². The Bertz CT molecular complexity index is 1220. The van der Waals surface area contributed by atoms with E-state index in [1.807, 2.05) is 42.5 Å². The highest BCUT2D eigenvalue weighted by Crippen LogP contribution is 2.19. The topological polar surface area (TPSA) is 64.0 Å². The number of hydrogen-bond acceptors (Lipinski definition) is 3. The first-order valence-corrected chi connectivity index (χ1v) is 10.1. The first kappa shape index (κ1) is 19.6. The van der Waals surface area contributed by atoms with Crippen molar-refractivity contribution in [1.82, 2.24) is 15.1 Å². The average molecular weight is 397 g/mol. The molecule has 4 aromatic rings. The predicted molar refractivity (Wildman–Crippen MR) is 119 cm³/mol. The number of para-hydroxylation sites is 1. The van der Waals surface area contributed by atoms with Crippen molar-refractivity contribution in [2.75, 3.05) is 6.54 Å². The maximum Gasteiger partial charge on any atom is 0.279 e. The Hall–Kier alpha value is -3.73. The van der Waals surface area contributed by atoms with E-state index in [0.29, 0.717) is 23.0 Å². The summed E-state index contributed by atoms with van der Waals surface area (Å²) in [4.78, 5) is 26.1. The highest BCUT2D eigenvalue weighted by Gasteiger charge is 2.18. The molecule has 5 heteroatoms. The molecule has 3 aromatic carbocycles. The standard InChI is InChI=1S/C25H23N3O2/c1-2-18(19-11-5-3-6-12-19)17-26-24(29)23-21-15-9-10-16-22(21)25(30)28(27-23)20-13-7-4-8-14-20/h3-16,18H,2,17H2,1H3,(H,26,29)/t18-/m0/s1. The molecule has 0 unspecified atom stereocenters. The summed E-state index contributed by atoms with van der Waals surface area (Å²) < 4.78 is 1.30. The van der Waals surface area contributed by atoms with E-state index in [1.54, 1.807) is 30.3 Å². The van der Waals surface area contributed by atoms with E-state index in [9.17, 15) is 9.59 Å². The third-order valence-electron chi connectivity index (χ3n) is 5.29. The van der Waals surface area contributed by atoms with Crippen molar-refractivity contribution in [1.29, 1.82) is 0 Å². The number of carbonyl (C=O) groups is 1. The van der Waals surface area contributed by atoms with E-state index in [4.69, 9.17) is 0 Å². The minimum atomic E-state index is -0.287. The minimum Gasteiger partial charge on any atom is -0.350 e. The second-order valence-corrected chi connectivity index (χ2v) is 7.17. The molecule has 0 radical (unpaired) electrons. The summed E-state index contributed by atoms with van der Waals surface area (Å²) >= 11 is 0. The van der Waals surface area contributed by atoms with E-state index >= 15 is 0 Å². The van der Waals surface area contributed by atoms with Gasteiger partial charge in [-0.25, -0.2) is 0 Å². The molecule has 1 aromatic heterocycles. The minimum absolute atomic E-state index is 0.210. The fourth-order valence-corrected chi connectivity index (χ4v) is 3.62. The van der Waals surface area contributed by atoms with E-state index in [2.05, 4.69) is 29.5 Å². The zero-order valence-corrected chi connectivity index (χ0v) is 16.8. The van der Waals surface area contributed by atoms with E-state index in [0.717, 1.165) is 6.42 Å². The van der Waals surface area contributed by atoms with Gasteiger partial charge in [0.15, 0.2) is 5.69 Å². The second kappa shape index (κ2) is 8.74. The lowest BCUT2D eigenvalue weighted by Crippen LogP contribution is -2.32. The summed E-state index contributed by atoms with van der Waals surface area (Å²) in [6.45, 7) is 2.60. The van der Waals surface area contributed by atoms with Gasteiger partial charge in [0, 0.05) is 17.8 Å². The van der Waals surface area contributed by atoms with Gasteiger partial charge in [-0.1, -0.05) is 73.7 Å². The van der Waals surface area contributed by atoms with Crippen molar-refractivity contribution in [3.63, 3.8) is 0 Å². The number of rotatable bonds is 6. The number of aromatic nitrogens is 2. The molecule has 1 atom stereocenters. The quantitative estimate of drug-likeness (QED) is 0.527. The maximum absolute atomic E-state index is 13.1. The van der Waals surface area contributed by atoms with E-state index in [-0.39, 0.29) is 23.1 Å². The Kier molecular flexibility index (Phi) is 5.70. The molecule has 0 aliphatic rings.